The van der Waals surface area contributed by atoms with E-state index in [0.717, 1.165) is 30.8 Å². The molecular weight excluding hydrogens is 224 g/mol. The monoisotopic (exact) mass is 238 g/mol. The number of para-hydroxylation sites is 1. The van der Waals surface area contributed by atoms with Crippen LogP contribution in [0, 0.1) is 0 Å². The number of nitrogens with zero attached hydrogens (tertiary/aromatic N) is 1. The van der Waals surface area contributed by atoms with Crippen molar-refractivity contribution in [1.82, 2.24) is 10.3 Å². The Kier molecular flexibility index (Phi) is 4.00. The van der Waals surface area contributed by atoms with Crippen LogP contribution in [0.3, 0.4) is 0 Å². The van der Waals surface area contributed by atoms with E-state index in [4.69, 9.17) is 0 Å². The summed E-state index contributed by atoms with van der Waals surface area (Å²) in [6.45, 7) is 1.95. The highest BCUT2D eigenvalue weighted by Crippen LogP contribution is 2.21. The summed E-state index contributed by atoms with van der Waals surface area (Å²) < 4.78 is 1.28. The number of thiol groups is 1. The molecule has 0 aliphatic carbocycles. The van der Waals surface area contributed by atoms with Gasteiger partial charge in [0.25, 0.3) is 0 Å². The first-order valence-corrected chi connectivity index (χ1v) is 6.51. The van der Waals surface area contributed by atoms with Crippen molar-refractivity contribution in [2.45, 2.75) is 6.42 Å². The summed E-state index contributed by atoms with van der Waals surface area (Å²) in [5, 5.41) is 4.53. The Balaban J connectivity index is 1.97. The van der Waals surface area contributed by atoms with Gasteiger partial charge in [-0.05, 0) is 12.1 Å². The number of aromatic nitrogens is 1. The van der Waals surface area contributed by atoms with Crippen LogP contribution in [0.5, 0.6) is 0 Å². The lowest BCUT2D eigenvalue weighted by Gasteiger charge is -1.98. The van der Waals surface area contributed by atoms with Crippen molar-refractivity contribution in [3.8, 4) is 0 Å². The maximum atomic E-state index is 4.57. The Hall–Kier alpha value is -0.580. The van der Waals surface area contributed by atoms with Gasteiger partial charge in [-0.2, -0.15) is 12.6 Å². The lowest BCUT2D eigenvalue weighted by molar-refractivity contribution is 0.720. The largest absolute Gasteiger partial charge is 0.316 e. The van der Waals surface area contributed by atoms with Crippen molar-refractivity contribution >= 4 is 34.2 Å². The van der Waals surface area contributed by atoms with Crippen LogP contribution in [-0.2, 0) is 6.42 Å². The van der Waals surface area contributed by atoms with E-state index in [1.165, 1.54) is 9.71 Å². The van der Waals surface area contributed by atoms with E-state index in [2.05, 4.69) is 41.1 Å². The predicted molar refractivity (Wildman–Crippen MR) is 70.0 cm³/mol. The van der Waals surface area contributed by atoms with Crippen LogP contribution in [0.25, 0.3) is 10.2 Å². The summed E-state index contributed by atoms with van der Waals surface area (Å²) in [5.74, 6) is 0.889. The normalized spacial score (nSPS) is 11.0. The van der Waals surface area contributed by atoms with Gasteiger partial charge < -0.3 is 5.32 Å². The van der Waals surface area contributed by atoms with Gasteiger partial charge in [0.1, 0.15) is 0 Å². The second-order valence-electron chi connectivity index (χ2n) is 3.30. The molecule has 1 N–H and O–H groups in total. The second-order valence-corrected chi connectivity index (χ2v) is 4.86. The molecule has 0 aliphatic heterocycles. The van der Waals surface area contributed by atoms with E-state index in [9.17, 15) is 0 Å². The zero-order valence-corrected chi connectivity index (χ0v) is 10.2. The third-order valence-electron chi connectivity index (χ3n) is 2.14. The van der Waals surface area contributed by atoms with E-state index in [1.54, 1.807) is 11.3 Å². The summed E-state index contributed by atoms with van der Waals surface area (Å²) in [4.78, 5) is 4.57. The highest BCUT2D eigenvalue weighted by Gasteiger charge is 2.01. The van der Waals surface area contributed by atoms with E-state index >= 15 is 0 Å². The minimum Gasteiger partial charge on any atom is -0.316 e. The van der Waals surface area contributed by atoms with Crippen molar-refractivity contribution < 1.29 is 0 Å². The van der Waals surface area contributed by atoms with Gasteiger partial charge in [-0.1, -0.05) is 12.1 Å². The van der Waals surface area contributed by atoms with Crippen LogP contribution < -0.4 is 5.32 Å². The molecule has 0 fully saturated rings. The first-order valence-electron chi connectivity index (χ1n) is 5.06. The van der Waals surface area contributed by atoms with E-state index in [1.807, 2.05) is 6.07 Å². The summed E-state index contributed by atoms with van der Waals surface area (Å²) in [5.41, 5.74) is 1.12. The maximum absolute atomic E-state index is 4.57. The van der Waals surface area contributed by atoms with Crippen molar-refractivity contribution in [3.63, 3.8) is 0 Å². The fourth-order valence-electron chi connectivity index (χ4n) is 1.43. The molecule has 2 nitrogen and oxygen atoms in total. The molecule has 15 heavy (non-hydrogen) atoms. The summed E-state index contributed by atoms with van der Waals surface area (Å²) in [6, 6.07) is 8.28. The Morgan fingerprint density at radius 3 is 2.93 bits per heavy atom. The number of benzene rings is 1. The highest BCUT2D eigenvalue weighted by molar-refractivity contribution is 7.80. The summed E-state index contributed by atoms with van der Waals surface area (Å²) in [6.07, 6.45) is 1.01. The first-order chi connectivity index (χ1) is 7.40. The molecular formula is C11H14N2S2. The molecule has 2 rings (SSSR count). The number of hydrogen-bond donors (Lipinski definition) is 2. The molecule has 0 saturated heterocycles. The van der Waals surface area contributed by atoms with Crippen LogP contribution in [0.2, 0.25) is 0 Å². The van der Waals surface area contributed by atoms with Crippen LogP contribution in [-0.4, -0.2) is 23.8 Å². The Labute approximate surface area is 99.1 Å². The Bertz CT molecular complexity index is 392. The number of rotatable bonds is 5. The molecule has 0 spiro atoms. The van der Waals surface area contributed by atoms with Crippen LogP contribution >= 0.6 is 24.0 Å². The van der Waals surface area contributed by atoms with E-state index in [0.29, 0.717) is 0 Å². The average Bonchev–Trinajstić information content (AvgIpc) is 2.67. The number of hydrogen-bond acceptors (Lipinski definition) is 4. The van der Waals surface area contributed by atoms with Crippen LogP contribution in [0.4, 0.5) is 0 Å². The summed E-state index contributed by atoms with van der Waals surface area (Å²) in [7, 11) is 0. The Morgan fingerprint density at radius 2 is 2.13 bits per heavy atom. The van der Waals surface area contributed by atoms with Gasteiger partial charge in [-0.25, -0.2) is 4.98 Å². The fraction of sp³-hybridized carbons (Fsp3) is 0.364. The van der Waals surface area contributed by atoms with Gasteiger partial charge in [-0.15, -0.1) is 11.3 Å². The molecule has 0 amide bonds. The van der Waals surface area contributed by atoms with Gasteiger partial charge in [-0.3, -0.25) is 0 Å². The summed E-state index contributed by atoms with van der Waals surface area (Å²) >= 11 is 5.93. The predicted octanol–water partition coefficient (Wildman–Crippen LogP) is 2.36. The first kappa shape index (κ1) is 10.9. The molecule has 0 aliphatic rings. The van der Waals surface area contributed by atoms with Gasteiger partial charge in [0.15, 0.2) is 0 Å². The molecule has 0 bridgehead atoms. The van der Waals surface area contributed by atoms with Gasteiger partial charge in [0.2, 0.25) is 0 Å². The minimum absolute atomic E-state index is 0.889. The van der Waals surface area contributed by atoms with Crippen LogP contribution in [0.15, 0.2) is 24.3 Å². The topological polar surface area (TPSA) is 24.9 Å². The molecule has 1 aromatic heterocycles. The number of fused-ring (bicyclic) bond motifs is 1. The SMILES string of the molecule is SCCNCCc1nc2ccccc2s1. The van der Waals surface area contributed by atoms with E-state index < -0.39 is 0 Å². The number of thiazole rings is 1. The molecule has 4 heteroatoms. The van der Waals surface area contributed by atoms with Crippen molar-refractivity contribution in [1.29, 1.82) is 0 Å². The third kappa shape index (κ3) is 2.93. The van der Waals surface area contributed by atoms with Gasteiger partial charge >= 0.3 is 0 Å². The number of nitrogens with one attached hydrogen (secondary N) is 1. The molecule has 0 unspecified atom stereocenters. The zero-order chi connectivity index (χ0) is 10.5. The maximum Gasteiger partial charge on any atom is 0.0951 e. The minimum atomic E-state index is 0.889. The zero-order valence-electron chi connectivity index (χ0n) is 8.44. The van der Waals surface area contributed by atoms with Gasteiger partial charge in [0.05, 0.1) is 15.2 Å². The smallest absolute Gasteiger partial charge is 0.0951 e. The Morgan fingerprint density at radius 1 is 1.27 bits per heavy atom. The molecule has 0 atom stereocenters. The van der Waals surface area contributed by atoms with Gasteiger partial charge in [0, 0.05) is 25.3 Å². The highest BCUT2D eigenvalue weighted by atomic mass is 32.1. The third-order valence-corrected chi connectivity index (χ3v) is 3.46. The molecule has 1 heterocycles. The lowest BCUT2D eigenvalue weighted by Crippen LogP contribution is -2.19. The van der Waals surface area contributed by atoms with Crippen molar-refractivity contribution in [2.75, 3.05) is 18.8 Å². The second kappa shape index (κ2) is 5.49. The molecule has 80 valence electrons. The fourth-order valence-corrected chi connectivity index (χ4v) is 2.55. The molecule has 0 saturated carbocycles. The molecule has 0 radical (unpaired) electrons. The average molecular weight is 238 g/mol. The standard InChI is InChI=1S/C11H14N2S2/c14-8-7-12-6-5-11-13-9-3-1-2-4-10(9)15-11/h1-4,12,14H,5-8H2. The van der Waals surface area contributed by atoms with Crippen LogP contribution in [0.1, 0.15) is 5.01 Å². The van der Waals surface area contributed by atoms with Crippen molar-refractivity contribution in [3.05, 3.63) is 29.3 Å². The molecule has 1 aromatic carbocycles. The van der Waals surface area contributed by atoms with E-state index in [-0.39, 0.29) is 0 Å². The quantitative estimate of drug-likeness (QED) is 0.617. The lowest BCUT2D eigenvalue weighted by atomic mass is 10.3. The van der Waals surface area contributed by atoms with Crippen molar-refractivity contribution in [2.24, 2.45) is 0 Å². The molecule has 2 aromatic rings.